The third-order valence-electron chi connectivity index (χ3n) is 6.13. The molecule has 29 heavy (non-hydrogen) atoms. The van der Waals surface area contributed by atoms with E-state index in [0.29, 0.717) is 55.5 Å². The number of carbonyl (C=O) groups excluding carboxylic acids is 2. The first-order chi connectivity index (χ1) is 14.1. The molecule has 2 atom stereocenters. The lowest BCUT2D eigenvalue weighted by molar-refractivity contribution is -0.139. The number of carbonyl (C=O) groups is 2. The molecule has 1 amide bonds. The van der Waals surface area contributed by atoms with Gasteiger partial charge in [-0.2, -0.15) is 0 Å². The predicted octanol–water partition coefficient (Wildman–Crippen LogP) is 2.10. The second-order valence-corrected chi connectivity index (χ2v) is 7.82. The van der Waals surface area contributed by atoms with Gasteiger partial charge in [-0.3, -0.25) is 9.59 Å². The molecule has 152 valence electrons. The van der Waals surface area contributed by atoms with Gasteiger partial charge in [0.15, 0.2) is 17.3 Å². The van der Waals surface area contributed by atoms with Crippen molar-refractivity contribution in [2.45, 2.75) is 25.2 Å². The molecule has 0 bridgehead atoms. The zero-order chi connectivity index (χ0) is 20.0. The summed E-state index contributed by atoms with van der Waals surface area (Å²) >= 11 is 0. The van der Waals surface area contributed by atoms with Gasteiger partial charge in [-0.1, -0.05) is 12.6 Å². The maximum absolute atomic E-state index is 13.5. The molecular weight excluding hydrogens is 372 g/mol. The van der Waals surface area contributed by atoms with Crippen LogP contribution in [-0.4, -0.2) is 49.7 Å². The van der Waals surface area contributed by atoms with E-state index in [1.807, 2.05) is 23.1 Å². The lowest BCUT2D eigenvalue weighted by Crippen LogP contribution is -2.49. The number of hydrogen-bond acceptors (Lipinski definition) is 6. The van der Waals surface area contributed by atoms with Crippen molar-refractivity contribution in [2.24, 2.45) is 5.92 Å². The van der Waals surface area contributed by atoms with Crippen molar-refractivity contribution in [3.05, 3.63) is 47.3 Å². The third-order valence-corrected chi connectivity index (χ3v) is 6.13. The Bertz CT molecular complexity index is 916. The number of ether oxygens (including phenoxy) is 3. The second-order valence-electron chi connectivity index (χ2n) is 7.82. The fourth-order valence-corrected chi connectivity index (χ4v) is 4.73. The second kappa shape index (κ2) is 7.22. The summed E-state index contributed by atoms with van der Waals surface area (Å²) in [5, 5.41) is 3.30. The molecule has 5 rings (SSSR count). The van der Waals surface area contributed by atoms with E-state index in [1.54, 1.807) is 0 Å². The van der Waals surface area contributed by atoms with E-state index in [0.717, 1.165) is 24.1 Å². The van der Waals surface area contributed by atoms with E-state index in [9.17, 15) is 9.59 Å². The quantitative estimate of drug-likeness (QED) is 0.825. The highest BCUT2D eigenvalue weighted by molar-refractivity contribution is 6.00. The number of ketones is 1. The molecule has 0 aromatic heterocycles. The Morgan fingerprint density at radius 3 is 2.76 bits per heavy atom. The van der Waals surface area contributed by atoms with Crippen LogP contribution < -0.4 is 14.8 Å². The minimum Gasteiger partial charge on any atom is -0.454 e. The van der Waals surface area contributed by atoms with Crippen LogP contribution in [0.5, 0.6) is 11.5 Å². The van der Waals surface area contributed by atoms with Crippen molar-refractivity contribution in [3.63, 3.8) is 0 Å². The molecular formula is C22H24N2O5. The van der Waals surface area contributed by atoms with Gasteiger partial charge < -0.3 is 24.4 Å². The highest BCUT2D eigenvalue weighted by Gasteiger charge is 2.44. The SMILES string of the molecule is C=C1NC2=C(C(=O)CCC2)C(c2ccc3c(c2)OCO3)C1C(=O)N1CCOCC1. The van der Waals surface area contributed by atoms with Crippen molar-refractivity contribution in [3.8, 4) is 11.5 Å². The lowest BCUT2D eigenvalue weighted by Gasteiger charge is -2.41. The molecule has 0 spiro atoms. The molecule has 1 aromatic rings. The third kappa shape index (κ3) is 3.09. The number of hydrogen-bond donors (Lipinski definition) is 1. The Morgan fingerprint density at radius 2 is 1.93 bits per heavy atom. The monoisotopic (exact) mass is 396 g/mol. The van der Waals surface area contributed by atoms with E-state index in [2.05, 4.69) is 11.9 Å². The van der Waals surface area contributed by atoms with Gasteiger partial charge in [0, 0.05) is 42.4 Å². The molecule has 0 radical (unpaired) electrons. The summed E-state index contributed by atoms with van der Waals surface area (Å²) in [4.78, 5) is 28.3. The van der Waals surface area contributed by atoms with Crippen LogP contribution in [-0.2, 0) is 14.3 Å². The van der Waals surface area contributed by atoms with Crippen LogP contribution >= 0.6 is 0 Å². The van der Waals surface area contributed by atoms with Crippen molar-refractivity contribution < 1.29 is 23.8 Å². The summed E-state index contributed by atoms with van der Waals surface area (Å²) in [5.74, 6) is 0.495. The van der Waals surface area contributed by atoms with E-state index in [1.165, 1.54) is 0 Å². The normalized spacial score (nSPS) is 26.3. The fourth-order valence-electron chi connectivity index (χ4n) is 4.73. The largest absolute Gasteiger partial charge is 0.454 e. The fraction of sp³-hybridized carbons (Fsp3) is 0.455. The van der Waals surface area contributed by atoms with E-state index >= 15 is 0 Å². The number of benzene rings is 1. The van der Waals surface area contributed by atoms with Gasteiger partial charge in [0.05, 0.1) is 19.1 Å². The molecule has 0 saturated carbocycles. The first-order valence-electron chi connectivity index (χ1n) is 10.1. The minimum absolute atomic E-state index is 0.0154. The molecule has 2 unspecified atom stereocenters. The first kappa shape index (κ1) is 18.2. The van der Waals surface area contributed by atoms with Crippen LogP contribution in [0.3, 0.4) is 0 Å². The number of amides is 1. The minimum atomic E-state index is -0.547. The van der Waals surface area contributed by atoms with E-state index in [4.69, 9.17) is 14.2 Å². The Balaban J connectivity index is 1.60. The maximum Gasteiger partial charge on any atom is 0.232 e. The van der Waals surface area contributed by atoms with Gasteiger partial charge in [0.2, 0.25) is 12.7 Å². The summed E-state index contributed by atoms with van der Waals surface area (Å²) in [6, 6.07) is 5.69. The van der Waals surface area contributed by atoms with Gasteiger partial charge >= 0.3 is 0 Å². The van der Waals surface area contributed by atoms with Crippen LogP contribution in [0.1, 0.15) is 30.7 Å². The summed E-state index contributed by atoms with van der Waals surface area (Å²) in [7, 11) is 0. The summed E-state index contributed by atoms with van der Waals surface area (Å²) < 4.78 is 16.4. The number of morpholine rings is 1. The van der Waals surface area contributed by atoms with Crippen LogP contribution in [0.15, 0.2) is 41.7 Å². The lowest BCUT2D eigenvalue weighted by atomic mass is 9.71. The van der Waals surface area contributed by atoms with Crippen molar-refractivity contribution in [2.75, 3.05) is 33.1 Å². The van der Waals surface area contributed by atoms with Crippen LogP contribution in [0, 0.1) is 5.92 Å². The number of allylic oxidation sites excluding steroid dienone is 2. The number of fused-ring (bicyclic) bond motifs is 1. The number of nitrogens with zero attached hydrogens (tertiary/aromatic N) is 1. The Kier molecular flexibility index (Phi) is 4.54. The molecule has 1 aliphatic carbocycles. The first-order valence-corrected chi connectivity index (χ1v) is 10.1. The van der Waals surface area contributed by atoms with Crippen LogP contribution in [0.2, 0.25) is 0 Å². The standard InChI is InChI=1S/C22H24N2O5/c1-13-19(22(26)24-7-9-27-10-8-24)20(21-15(23-13)3-2-4-16(21)25)14-5-6-17-18(11-14)29-12-28-17/h5-6,11,19-20,23H,1-4,7-10,12H2. The highest BCUT2D eigenvalue weighted by atomic mass is 16.7. The highest BCUT2D eigenvalue weighted by Crippen LogP contribution is 2.46. The molecule has 3 aliphatic heterocycles. The summed E-state index contributed by atoms with van der Waals surface area (Å²) in [6.07, 6.45) is 2.11. The molecule has 1 N–H and O–H groups in total. The van der Waals surface area contributed by atoms with Crippen molar-refractivity contribution >= 4 is 11.7 Å². The molecule has 7 nitrogen and oxygen atoms in total. The predicted molar refractivity (Wildman–Crippen MR) is 104 cm³/mol. The van der Waals surface area contributed by atoms with Crippen LogP contribution in [0.25, 0.3) is 0 Å². The van der Waals surface area contributed by atoms with Crippen LogP contribution in [0.4, 0.5) is 0 Å². The molecule has 4 aliphatic rings. The number of nitrogens with one attached hydrogen (secondary N) is 1. The van der Waals surface area contributed by atoms with Crippen molar-refractivity contribution in [1.29, 1.82) is 0 Å². The van der Waals surface area contributed by atoms with Gasteiger partial charge in [-0.05, 0) is 30.5 Å². The van der Waals surface area contributed by atoms with E-state index < -0.39 is 5.92 Å². The van der Waals surface area contributed by atoms with Gasteiger partial charge in [-0.25, -0.2) is 0 Å². The molecule has 1 aromatic carbocycles. The molecule has 7 heteroatoms. The van der Waals surface area contributed by atoms with Gasteiger partial charge in [0.1, 0.15) is 0 Å². The molecule has 1 saturated heterocycles. The zero-order valence-corrected chi connectivity index (χ0v) is 16.2. The number of Topliss-reactive ketones (excluding diaryl/α,β-unsaturated/α-hetero) is 1. The van der Waals surface area contributed by atoms with Gasteiger partial charge in [0.25, 0.3) is 0 Å². The number of rotatable bonds is 2. The average molecular weight is 396 g/mol. The Labute approximate surface area is 169 Å². The Morgan fingerprint density at radius 1 is 1.14 bits per heavy atom. The van der Waals surface area contributed by atoms with E-state index in [-0.39, 0.29) is 24.4 Å². The summed E-state index contributed by atoms with van der Waals surface area (Å²) in [6.45, 7) is 6.53. The molecule has 1 fully saturated rings. The topological polar surface area (TPSA) is 77.1 Å². The smallest absolute Gasteiger partial charge is 0.232 e. The van der Waals surface area contributed by atoms with Gasteiger partial charge in [-0.15, -0.1) is 0 Å². The maximum atomic E-state index is 13.5. The Hall–Kier alpha value is -2.80. The van der Waals surface area contributed by atoms with Crippen molar-refractivity contribution in [1.82, 2.24) is 10.2 Å². The zero-order valence-electron chi connectivity index (χ0n) is 16.2. The molecule has 3 heterocycles. The average Bonchev–Trinajstić information content (AvgIpc) is 3.21. The summed E-state index contributed by atoms with van der Waals surface area (Å²) in [5.41, 5.74) is 3.15.